The highest BCUT2D eigenvalue weighted by atomic mass is 79.9. The standard InChI is InChI=1S/C13H13BrClNO2S2/c1-8-6-12(19-13(8)14)20(17,18)16-9(2)10-4-3-5-11(15)7-10/h3-7,9,16H,1-2H3. The van der Waals surface area contributed by atoms with E-state index in [1.54, 1.807) is 31.2 Å². The number of hydrogen-bond donors (Lipinski definition) is 1. The van der Waals surface area contributed by atoms with Gasteiger partial charge in [0.25, 0.3) is 10.0 Å². The van der Waals surface area contributed by atoms with Gasteiger partial charge in [-0.25, -0.2) is 13.1 Å². The molecule has 0 fully saturated rings. The SMILES string of the molecule is Cc1cc(S(=O)(=O)NC(C)c2cccc(Cl)c2)sc1Br. The quantitative estimate of drug-likeness (QED) is 0.829. The average molecular weight is 395 g/mol. The summed E-state index contributed by atoms with van der Waals surface area (Å²) >= 11 is 10.5. The van der Waals surface area contributed by atoms with Crippen LogP contribution < -0.4 is 4.72 Å². The summed E-state index contributed by atoms with van der Waals surface area (Å²) in [6.45, 7) is 3.65. The van der Waals surface area contributed by atoms with Gasteiger partial charge in [0, 0.05) is 11.1 Å². The van der Waals surface area contributed by atoms with Crippen LogP contribution in [0.1, 0.15) is 24.1 Å². The van der Waals surface area contributed by atoms with Crippen LogP contribution in [0.2, 0.25) is 5.02 Å². The molecule has 0 amide bonds. The summed E-state index contributed by atoms with van der Waals surface area (Å²) in [6.07, 6.45) is 0. The van der Waals surface area contributed by atoms with Gasteiger partial charge in [-0.1, -0.05) is 23.7 Å². The van der Waals surface area contributed by atoms with Gasteiger partial charge in [-0.3, -0.25) is 0 Å². The minimum atomic E-state index is -3.53. The Balaban J connectivity index is 2.24. The Labute approximate surface area is 136 Å². The number of rotatable bonds is 4. The largest absolute Gasteiger partial charge is 0.250 e. The Kier molecular flexibility index (Phi) is 4.92. The predicted molar refractivity (Wildman–Crippen MR) is 86.9 cm³/mol. The zero-order valence-corrected chi connectivity index (χ0v) is 14.8. The number of aryl methyl sites for hydroxylation is 1. The molecule has 0 aliphatic heterocycles. The molecule has 0 radical (unpaired) electrons. The van der Waals surface area contributed by atoms with Crippen LogP contribution in [0.3, 0.4) is 0 Å². The molecule has 1 unspecified atom stereocenters. The Morgan fingerprint density at radius 3 is 2.60 bits per heavy atom. The number of sulfonamides is 1. The molecule has 1 heterocycles. The van der Waals surface area contributed by atoms with Crippen molar-refractivity contribution in [3.8, 4) is 0 Å². The highest BCUT2D eigenvalue weighted by molar-refractivity contribution is 9.11. The molecular weight excluding hydrogens is 382 g/mol. The minimum Gasteiger partial charge on any atom is -0.206 e. The lowest BCUT2D eigenvalue weighted by Crippen LogP contribution is -2.26. The van der Waals surface area contributed by atoms with Gasteiger partial charge in [-0.15, -0.1) is 11.3 Å². The number of halogens is 2. The summed E-state index contributed by atoms with van der Waals surface area (Å²) in [5.74, 6) is 0. The van der Waals surface area contributed by atoms with Crippen molar-refractivity contribution in [2.24, 2.45) is 0 Å². The second-order valence-corrected chi connectivity index (χ2v) is 9.17. The van der Waals surface area contributed by atoms with Crippen molar-refractivity contribution >= 4 is 48.9 Å². The van der Waals surface area contributed by atoms with Gasteiger partial charge in [-0.05, 0) is 59.1 Å². The number of thiophene rings is 1. The molecule has 108 valence electrons. The first-order chi connectivity index (χ1) is 9.29. The van der Waals surface area contributed by atoms with Gasteiger partial charge < -0.3 is 0 Å². The topological polar surface area (TPSA) is 46.2 Å². The van der Waals surface area contributed by atoms with Crippen LogP contribution in [0.4, 0.5) is 0 Å². The summed E-state index contributed by atoms with van der Waals surface area (Å²) in [5.41, 5.74) is 1.74. The van der Waals surface area contributed by atoms with Crippen LogP contribution in [0, 0.1) is 6.92 Å². The van der Waals surface area contributed by atoms with Crippen LogP contribution in [-0.4, -0.2) is 8.42 Å². The zero-order chi connectivity index (χ0) is 14.9. The fourth-order valence-corrected chi connectivity index (χ4v) is 5.37. The van der Waals surface area contributed by atoms with Gasteiger partial charge in [0.2, 0.25) is 0 Å². The molecule has 0 saturated heterocycles. The Bertz CT molecular complexity index is 708. The minimum absolute atomic E-state index is 0.302. The van der Waals surface area contributed by atoms with E-state index in [1.807, 2.05) is 13.0 Å². The Morgan fingerprint density at radius 2 is 2.05 bits per heavy atom. The van der Waals surface area contributed by atoms with Gasteiger partial charge in [0.05, 0.1) is 3.79 Å². The van der Waals surface area contributed by atoms with Crippen LogP contribution in [0.25, 0.3) is 0 Å². The van der Waals surface area contributed by atoms with Crippen molar-refractivity contribution in [1.29, 1.82) is 0 Å². The molecule has 2 aromatic rings. The summed E-state index contributed by atoms with van der Waals surface area (Å²) in [7, 11) is -3.53. The number of benzene rings is 1. The molecule has 20 heavy (non-hydrogen) atoms. The Morgan fingerprint density at radius 1 is 1.35 bits per heavy atom. The number of hydrogen-bond acceptors (Lipinski definition) is 3. The summed E-state index contributed by atoms with van der Waals surface area (Å²) < 4.78 is 28.4. The van der Waals surface area contributed by atoms with Gasteiger partial charge in [0.15, 0.2) is 0 Å². The average Bonchev–Trinajstić information content (AvgIpc) is 2.70. The lowest BCUT2D eigenvalue weighted by atomic mass is 10.1. The molecule has 0 bridgehead atoms. The van der Waals surface area contributed by atoms with Gasteiger partial charge in [0.1, 0.15) is 4.21 Å². The van der Waals surface area contributed by atoms with Crippen molar-refractivity contribution in [2.45, 2.75) is 24.1 Å². The molecule has 3 nitrogen and oxygen atoms in total. The van der Waals surface area contributed by atoms with Crippen molar-refractivity contribution < 1.29 is 8.42 Å². The first-order valence-corrected chi connectivity index (χ1v) is 9.30. The molecule has 7 heteroatoms. The lowest BCUT2D eigenvalue weighted by molar-refractivity contribution is 0.569. The van der Waals surface area contributed by atoms with Gasteiger partial charge >= 0.3 is 0 Å². The molecule has 1 atom stereocenters. The normalized spacial score (nSPS) is 13.4. The van der Waals surface area contributed by atoms with E-state index in [0.29, 0.717) is 9.23 Å². The second-order valence-electron chi connectivity index (χ2n) is 4.42. The van der Waals surface area contributed by atoms with E-state index in [4.69, 9.17) is 11.6 Å². The fraction of sp³-hybridized carbons (Fsp3) is 0.231. The van der Waals surface area contributed by atoms with E-state index in [-0.39, 0.29) is 6.04 Å². The van der Waals surface area contributed by atoms with E-state index >= 15 is 0 Å². The van der Waals surface area contributed by atoms with E-state index < -0.39 is 10.0 Å². The second kappa shape index (κ2) is 6.15. The highest BCUT2D eigenvalue weighted by Gasteiger charge is 2.21. The fourth-order valence-electron chi connectivity index (χ4n) is 1.70. The maximum Gasteiger partial charge on any atom is 0.250 e. The molecule has 1 aromatic heterocycles. The van der Waals surface area contributed by atoms with E-state index in [1.165, 1.54) is 11.3 Å². The third-order valence-electron chi connectivity index (χ3n) is 2.78. The summed E-state index contributed by atoms with van der Waals surface area (Å²) in [5, 5.41) is 0.586. The van der Waals surface area contributed by atoms with Crippen molar-refractivity contribution in [1.82, 2.24) is 4.72 Å². The maximum atomic E-state index is 12.3. The van der Waals surface area contributed by atoms with Crippen molar-refractivity contribution in [3.05, 3.63) is 50.3 Å². The summed E-state index contributed by atoms with van der Waals surface area (Å²) in [4.78, 5) is 0. The first kappa shape index (κ1) is 16.0. The third-order valence-corrected chi connectivity index (χ3v) is 7.17. The molecule has 0 aliphatic carbocycles. The van der Waals surface area contributed by atoms with Crippen LogP contribution in [0.5, 0.6) is 0 Å². The first-order valence-electron chi connectivity index (χ1n) is 5.83. The van der Waals surface area contributed by atoms with E-state index in [9.17, 15) is 8.42 Å². The highest BCUT2D eigenvalue weighted by Crippen LogP contribution is 2.31. The molecule has 0 saturated carbocycles. The van der Waals surface area contributed by atoms with Crippen LogP contribution in [0.15, 0.2) is 38.3 Å². The van der Waals surface area contributed by atoms with Crippen LogP contribution in [-0.2, 0) is 10.0 Å². The summed E-state index contributed by atoms with van der Waals surface area (Å²) in [6, 6.07) is 8.46. The lowest BCUT2D eigenvalue weighted by Gasteiger charge is -2.14. The van der Waals surface area contributed by atoms with E-state index in [0.717, 1.165) is 14.9 Å². The van der Waals surface area contributed by atoms with Crippen LogP contribution >= 0.6 is 38.9 Å². The molecule has 2 rings (SSSR count). The van der Waals surface area contributed by atoms with Crippen molar-refractivity contribution in [2.75, 3.05) is 0 Å². The predicted octanol–water partition coefficient (Wildman–Crippen LogP) is 4.51. The molecule has 1 aromatic carbocycles. The van der Waals surface area contributed by atoms with Crippen molar-refractivity contribution in [3.63, 3.8) is 0 Å². The van der Waals surface area contributed by atoms with E-state index in [2.05, 4.69) is 20.7 Å². The molecule has 0 spiro atoms. The maximum absolute atomic E-state index is 12.3. The molecule has 0 aliphatic rings. The smallest absolute Gasteiger partial charge is 0.206 e. The molecule has 1 N–H and O–H groups in total. The third kappa shape index (κ3) is 3.62. The monoisotopic (exact) mass is 393 g/mol. The number of nitrogens with one attached hydrogen (secondary N) is 1. The zero-order valence-electron chi connectivity index (χ0n) is 10.9. The Hall–Kier alpha value is -0.400. The van der Waals surface area contributed by atoms with Gasteiger partial charge in [-0.2, -0.15) is 0 Å². The molecular formula is C13H13BrClNO2S2.